The number of aromatic nitrogens is 2. The molecule has 6 nitrogen and oxygen atoms in total. The van der Waals surface area contributed by atoms with Crippen molar-refractivity contribution >= 4 is 28.9 Å². The number of ether oxygens (including phenoxy) is 2. The van der Waals surface area contributed by atoms with Gasteiger partial charge in [0.2, 0.25) is 0 Å². The molecule has 0 aliphatic rings. The maximum absolute atomic E-state index is 6.12. The normalized spacial score (nSPS) is 10.0. The second kappa shape index (κ2) is 6.29. The van der Waals surface area contributed by atoms with Crippen molar-refractivity contribution in [2.24, 2.45) is 0 Å². The van der Waals surface area contributed by atoms with Crippen LogP contribution in [0.2, 0.25) is 5.02 Å². The van der Waals surface area contributed by atoms with Gasteiger partial charge < -0.3 is 20.1 Å². The van der Waals surface area contributed by atoms with Crippen molar-refractivity contribution in [1.29, 1.82) is 0 Å². The first-order valence-corrected chi connectivity index (χ1v) is 6.24. The first kappa shape index (κ1) is 14.2. The standard InChI is InChI=1S/C13H15ClN4O2/c1-15-12-6-13(17-7-16-12)18-9-4-8(14)10(19-2)5-11(9)20-3/h4-7H,1-3H3,(H2,15,16,17,18). The van der Waals surface area contributed by atoms with Gasteiger partial charge in [-0.25, -0.2) is 9.97 Å². The summed E-state index contributed by atoms with van der Waals surface area (Å²) in [6.07, 6.45) is 1.46. The van der Waals surface area contributed by atoms with Gasteiger partial charge in [-0.05, 0) is 6.07 Å². The number of nitrogens with zero attached hydrogens (tertiary/aromatic N) is 2. The maximum Gasteiger partial charge on any atom is 0.146 e. The Hall–Kier alpha value is -2.21. The summed E-state index contributed by atoms with van der Waals surface area (Å²) < 4.78 is 10.5. The first-order valence-electron chi connectivity index (χ1n) is 5.86. The molecule has 2 N–H and O–H groups in total. The molecule has 0 unspecified atom stereocenters. The summed E-state index contributed by atoms with van der Waals surface area (Å²) in [5, 5.41) is 6.56. The number of benzene rings is 1. The van der Waals surface area contributed by atoms with E-state index in [9.17, 15) is 0 Å². The smallest absolute Gasteiger partial charge is 0.146 e. The lowest BCUT2D eigenvalue weighted by molar-refractivity contribution is 0.396. The molecule has 0 saturated carbocycles. The van der Waals surface area contributed by atoms with Gasteiger partial charge in [0.15, 0.2) is 0 Å². The summed E-state index contributed by atoms with van der Waals surface area (Å²) in [7, 11) is 4.92. The molecule has 1 aromatic heterocycles. The molecule has 20 heavy (non-hydrogen) atoms. The molecular formula is C13H15ClN4O2. The predicted octanol–water partition coefficient (Wildman–Crippen LogP) is 2.93. The van der Waals surface area contributed by atoms with E-state index < -0.39 is 0 Å². The number of methoxy groups -OCH3 is 2. The average Bonchev–Trinajstić information content (AvgIpc) is 2.48. The molecular weight excluding hydrogens is 280 g/mol. The summed E-state index contributed by atoms with van der Waals surface area (Å²) in [6, 6.07) is 5.21. The van der Waals surface area contributed by atoms with Crippen molar-refractivity contribution in [3.05, 3.63) is 29.5 Å². The zero-order valence-corrected chi connectivity index (χ0v) is 12.2. The monoisotopic (exact) mass is 294 g/mol. The summed E-state index contributed by atoms with van der Waals surface area (Å²) in [4.78, 5) is 8.19. The second-order valence-electron chi connectivity index (χ2n) is 3.85. The van der Waals surface area contributed by atoms with Gasteiger partial charge >= 0.3 is 0 Å². The number of rotatable bonds is 5. The highest BCUT2D eigenvalue weighted by atomic mass is 35.5. The Morgan fingerprint density at radius 2 is 1.70 bits per heavy atom. The van der Waals surface area contributed by atoms with Gasteiger partial charge in [0, 0.05) is 19.2 Å². The van der Waals surface area contributed by atoms with Crippen molar-refractivity contribution in [3.8, 4) is 11.5 Å². The van der Waals surface area contributed by atoms with Crippen LogP contribution >= 0.6 is 11.6 Å². The van der Waals surface area contributed by atoms with Crippen LogP contribution < -0.4 is 20.1 Å². The lowest BCUT2D eigenvalue weighted by Gasteiger charge is -2.13. The summed E-state index contributed by atoms with van der Waals surface area (Å²) in [6.45, 7) is 0. The fraction of sp³-hybridized carbons (Fsp3) is 0.231. The molecule has 1 heterocycles. The quantitative estimate of drug-likeness (QED) is 0.884. The third kappa shape index (κ3) is 3.03. The zero-order chi connectivity index (χ0) is 14.5. The molecule has 0 fully saturated rings. The molecule has 0 radical (unpaired) electrons. The molecule has 0 aliphatic carbocycles. The molecule has 0 saturated heterocycles. The minimum atomic E-state index is 0.485. The Bertz CT molecular complexity index is 607. The molecule has 106 valence electrons. The second-order valence-corrected chi connectivity index (χ2v) is 4.26. The minimum Gasteiger partial charge on any atom is -0.495 e. The van der Waals surface area contributed by atoms with Crippen LogP contribution in [-0.2, 0) is 0 Å². The van der Waals surface area contributed by atoms with E-state index in [0.717, 1.165) is 0 Å². The van der Waals surface area contributed by atoms with E-state index in [1.54, 1.807) is 39.5 Å². The number of halogens is 1. The van der Waals surface area contributed by atoms with E-state index in [1.807, 2.05) is 0 Å². The number of nitrogens with one attached hydrogen (secondary N) is 2. The molecule has 0 bridgehead atoms. The van der Waals surface area contributed by atoms with E-state index >= 15 is 0 Å². The Kier molecular flexibility index (Phi) is 4.47. The predicted molar refractivity (Wildman–Crippen MR) is 79.4 cm³/mol. The molecule has 7 heteroatoms. The summed E-state index contributed by atoms with van der Waals surface area (Å²) >= 11 is 6.12. The van der Waals surface area contributed by atoms with Crippen molar-refractivity contribution < 1.29 is 9.47 Å². The third-order valence-electron chi connectivity index (χ3n) is 2.66. The number of hydrogen-bond acceptors (Lipinski definition) is 6. The Morgan fingerprint density at radius 1 is 1.00 bits per heavy atom. The highest BCUT2D eigenvalue weighted by molar-refractivity contribution is 6.32. The van der Waals surface area contributed by atoms with Crippen LogP contribution in [0.5, 0.6) is 11.5 Å². The molecule has 0 atom stereocenters. The van der Waals surface area contributed by atoms with Crippen LogP contribution in [0.15, 0.2) is 24.5 Å². The van der Waals surface area contributed by atoms with Gasteiger partial charge in [-0.15, -0.1) is 0 Å². The Labute approximate surface area is 122 Å². The molecule has 1 aromatic carbocycles. The number of hydrogen-bond donors (Lipinski definition) is 2. The van der Waals surface area contributed by atoms with Gasteiger partial charge in [0.1, 0.15) is 29.5 Å². The van der Waals surface area contributed by atoms with E-state index in [-0.39, 0.29) is 0 Å². The van der Waals surface area contributed by atoms with Crippen LogP contribution in [0.4, 0.5) is 17.3 Å². The summed E-state index contributed by atoms with van der Waals surface area (Å²) in [5.74, 6) is 2.49. The Morgan fingerprint density at radius 3 is 2.35 bits per heavy atom. The maximum atomic E-state index is 6.12. The van der Waals surface area contributed by atoms with Gasteiger partial charge in [0.25, 0.3) is 0 Å². The largest absolute Gasteiger partial charge is 0.495 e. The lowest BCUT2D eigenvalue weighted by atomic mass is 10.2. The minimum absolute atomic E-state index is 0.485. The molecule has 2 aromatic rings. The fourth-order valence-corrected chi connectivity index (χ4v) is 1.90. The Balaban J connectivity index is 2.34. The highest BCUT2D eigenvalue weighted by Gasteiger charge is 2.10. The van der Waals surface area contributed by atoms with E-state index in [1.165, 1.54) is 6.33 Å². The van der Waals surface area contributed by atoms with Crippen molar-refractivity contribution in [3.63, 3.8) is 0 Å². The van der Waals surface area contributed by atoms with Crippen molar-refractivity contribution in [2.45, 2.75) is 0 Å². The third-order valence-corrected chi connectivity index (χ3v) is 2.96. The van der Waals surface area contributed by atoms with Crippen LogP contribution in [-0.4, -0.2) is 31.2 Å². The first-order chi connectivity index (χ1) is 9.67. The van der Waals surface area contributed by atoms with Crippen LogP contribution in [0.25, 0.3) is 0 Å². The zero-order valence-electron chi connectivity index (χ0n) is 11.4. The van der Waals surface area contributed by atoms with Crippen LogP contribution in [0.3, 0.4) is 0 Å². The molecule has 2 rings (SSSR count). The van der Waals surface area contributed by atoms with Crippen LogP contribution in [0, 0.1) is 0 Å². The van der Waals surface area contributed by atoms with Crippen molar-refractivity contribution in [1.82, 2.24) is 9.97 Å². The average molecular weight is 295 g/mol. The summed E-state index contributed by atoms with van der Waals surface area (Å²) in [5.41, 5.74) is 0.694. The molecule has 0 amide bonds. The fourth-order valence-electron chi connectivity index (χ4n) is 1.66. The van der Waals surface area contributed by atoms with Gasteiger partial charge in [-0.3, -0.25) is 0 Å². The van der Waals surface area contributed by atoms with E-state index in [0.29, 0.717) is 33.8 Å². The molecule has 0 spiro atoms. The van der Waals surface area contributed by atoms with Gasteiger partial charge in [-0.1, -0.05) is 11.6 Å². The van der Waals surface area contributed by atoms with Crippen LogP contribution in [0.1, 0.15) is 0 Å². The topological polar surface area (TPSA) is 68.3 Å². The molecule has 0 aliphatic heterocycles. The highest BCUT2D eigenvalue weighted by Crippen LogP contribution is 2.37. The van der Waals surface area contributed by atoms with Gasteiger partial charge in [-0.2, -0.15) is 0 Å². The number of anilines is 3. The lowest BCUT2D eigenvalue weighted by Crippen LogP contribution is -2.00. The van der Waals surface area contributed by atoms with Gasteiger partial charge in [0.05, 0.1) is 24.9 Å². The van der Waals surface area contributed by atoms with E-state index in [2.05, 4.69) is 20.6 Å². The SMILES string of the molecule is CNc1cc(Nc2cc(Cl)c(OC)cc2OC)ncn1. The van der Waals surface area contributed by atoms with E-state index in [4.69, 9.17) is 21.1 Å². The van der Waals surface area contributed by atoms with Crippen molar-refractivity contribution in [2.75, 3.05) is 31.9 Å².